The minimum atomic E-state index is 0.107. The van der Waals surface area contributed by atoms with Crippen LogP contribution in [-0.4, -0.2) is 32.1 Å². The van der Waals surface area contributed by atoms with E-state index >= 15 is 0 Å². The quantitative estimate of drug-likeness (QED) is 0.702. The number of halogens is 1. The zero-order valence-corrected chi connectivity index (χ0v) is 15.7. The average molecular weight is 362 g/mol. The molecule has 0 atom stereocenters. The van der Waals surface area contributed by atoms with Gasteiger partial charge in [0, 0.05) is 30.6 Å². The van der Waals surface area contributed by atoms with Crippen LogP contribution in [0.4, 0.5) is 0 Å². The Bertz CT molecular complexity index is 701. The Balaban J connectivity index is 1.84. The van der Waals surface area contributed by atoms with Gasteiger partial charge in [-0.3, -0.25) is 4.79 Å². The summed E-state index contributed by atoms with van der Waals surface area (Å²) >= 11 is 6.04. The lowest BCUT2D eigenvalue weighted by atomic mass is 10.1. The van der Waals surface area contributed by atoms with Gasteiger partial charge in [-0.15, -0.1) is 0 Å². The molecule has 2 aromatic rings. The van der Waals surface area contributed by atoms with E-state index in [0.717, 1.165) is 29.9 Å². The van der Waals surface area contributed by atoms with Gasteiger partial charge < -0.3 is 14.4 Å². The van der Waals surface area contributed by atoms with Crippen LogP contribution in [0.2, 0.25) is 5.02 Å². The van der Waals surface area contributed by atoms with Gasteiger partial charge in [0.1, 0.15) is 11.5 Å². The molecule has 0 aliphatic rings. The first-order valence-electron chi connectivity index (χ1n) is 8.22. The summed E-state index contributed by atoms with van der Waals surface area (Å²) in [5, 5.41) is 0.635. The number of ether oxygens (including phenoxy) is 2. The van der Waals surface area contributed by atoms with Crippen LogP contribution < -0.4 is 9.47 Å². The van der Waals surface area contributed by atoms with Crippen molar-refractivity contribution in [2.75, 3.05) is 21.3 Å². The monoisotopic (exact) mass is 361 g/mol. The lowest BCUT2D eigenvalue weighted by Crippen LogP contribution is -2.26. The number of hydrogen-bond donors (Lipinski definition) is 0. The van der Waals surface area contributed by atoms with Gasteiger partial charge >= 0.3 is 0 Å². The molecule has 0 saturated heterocycles. The van der Waals surface area contributed by atoms with Crippen LogP contribution in [0.1, 0.15) is 24.0 Å². The van der Waals surface area contributed by atoms with Crippen LogP contribution in [0.3, 0.4) is 0 Å². The van der Waals surface area contributed by atoms with E-state index in [-0.39, 0.29) is 5.91 Å². The summed E-state index contributed by atoms with van der Waals surface area (Å²) in [7, 11) is 5.07. The molecule has 0 spiro atoms. The molecule has 0 aromatic heterocycles. The van der Waals surface area contributed by atoms with Gasteiger partial charge in [-0.1, -0.05) is 23.7 Å². The molecule has 2 aromatic carbocycles. The molecule has 0 bridgehead atoms. The molecule has 0 N–H and O–H groups in total. The molecule has 0 radical (unpaired) electrons. The Labute approximate surface area is 154 Å². The number of rotatable bonds is 8. The fourth-order valence-electron chi connectivity index (χ4n) is 2.64. The summed E-state index contributed by atoms with van der Waals surface area (Å²) in [5.41, 5.74) is 2.11. The summed E-state index contributed by atoms with van der Waals surface area (Å²) in [4.78, 5) is 14.1. The van der Waals surface area contributed by atoms with Gasteiger partial charge in [0.15, 0.2) is 0 Å². The van der Waals surface area contributed by atoms with Crippen molar-refractivity contribution in [3.63, 3.8) is 0 Å². The molecule has 2 rings (SSSR count). The first kappa shape index (κ1) is 19.1. The molecular weight excluding hydrogens is 338 g/mol. The molecule has 0 fully saturated rings. The summed E-state index contributed by atoms with van der Waals surface area (Å²) < 4.78 is 10.5. The predicted octanol–water partition coefficient (Wildman–Crippen LogP) is 4.34. The minimum Gasteiger partial charge on any atom is -0.497 e. The maximum atomic E-state index is 12.4. The van der Waals surface area contributed by atoms with E-state index in [1.54, 1.807) is 32.2 Å². The van der Waals surface area contributed by atoms with Crippen LogP contribution in [0.15, 0.2) is 42.5 Å². The lowest BCUT2D eigenvalue weighted by molar-refractivity contribution is -0.130. The van der Waals surface area contributed by atoms with Gasteiger partial charge in [0.25, 0.3) is 0 Å². The number of carbonyl (C=O) groups is 1. The van der Waals surface area contributed by atoms with Crippen LogP contribution in [0.5, 0.6) is 11.5 Å². The van der Waals surface area contributed by atoms with Gasteiger partial charge in [-0.2, -0.15) is 0 Å². The number of aryl methyl sites for hydroxylation is 1. The molecule has 5 heteroatoms. The smallest absolute Gasteiger partial charge is 0.222 e. The topological polar surface area (TPSA) is 38.8 Å². The summed E-state index contributed by atoms with van der Waals surface area (Å²) in [6.07, 6.45) is 2.18. The maximum absolute atomic E-state index is 12.4. The highest BCUT2D eigenvalue weighted by Gasteiger charge is 2.12. The standard InChI is InChI=1S/C20H24ClNO3/c1-22(14-16-13-17(21)9-12-19(16)25-3)20(23)6-4-5-15-7-10-18(24-2)11-8-15/h7-13H,4-6,14H2,1-3H3. The van der Waals surface area contributed by atoms with Crippen LogP contribution >= 0.6 is 11.6 Å². The number of benzene rings is 2. The molecule has 0 unspecified atom stereocenters. The van der Waals surface area contributed by atoms with Crippen LogP contribution in [0, 0.1) is 0 Å². The molecule has 0 aliphatic carbocycles. The Morgan fingerprint density at radius 1 is 1.08 bits per heavy atom. The van der Waals surface area contributed by atoms with Crippen molar-refractivity contribution in [2.45, 2.75) is 25.8 Å². The van der Waals surface area contributed by atoms with Crippen molar-refractivity contribution in [2.24, 2.45) is 0 Å². The summed E-state index contributed by atoms with van der Waals surface area (Å²) in [6, 6.07) is 13.4. The molecule has 0 saturated carbocycles. The Kier molecular flexibility index (Phi) is 7.14. The average Bonchev–Trinajstić information content (AvgIpc) is 2.62. The highest BCUT2D eigenvalue weighted by molar-refractivity contribution is 6.30. The van der Waals surface area contributed by atoms with Crippen molar-refractivity contribution in [3.05, 3.63) is 58.6 Å². The summed E-state index contributed by atoms with van der Waals surface area (Å²) in [5.74, 6) is 1.69. The fourth-order valence-corrected chi connectivity index (χ4v) is 2.84. The molecule has 134 valence electrons. The molecule has 4 nitrogen and oxygen atoms in total. The number of hydrogen-bond acceptors (Lipinski definition) is 3. The Hall–Kier alpha value is -2.20. The van der Waals surface area contributed by atoms with E-state index in [9.17, 15) is 4.79 Å². The second-order valence-corrected chi connectivity index (χ2v) is 6.34. The molecule has 25 heavy (non-hydrogen) atoms. The van der Waals surface area contributed by atoms with E-state index in [0.29, 0.717) is 18.0 Å². The highest BCUT2D eigenvalue weighted by atomic mass is 35.5. The van der Waals surface area contributed by atoms with Crippen molar-refractivity contribution in [3.8, 4) is 11.5 Å². The number of nitrogens with zero attached hydrogens (tertiary/aromatic N) is 1. The van der Waals surface area contributed by atoms with E-state index in [4.69, 9.17) is 21.1 Å². The van der Waals surface area contributed by atoms with Crippen LogP contribution in [-0.2, 0) is 17.8 Å². The second-order valence-electron chi connectivity index (χ2n) is 5.91. The van der Waals surface area contributed by atoms with E-state index in [1.807, 2.05) is 36.4 Å². The Morgan fingerprint density at radius 2 is 1.80 bits per heavy atom. The molecule has 0 aliphatic heterocycles. The number of amides is 1. The second kappa shape index (κ2) is 9.33. The van der Waals surface area contributed by atoms with Crippen molar-refractivity contribution in [1.82, 2.24) is 4.90 Å². The molecule has 1 amide bonds. The lowest BCUT2D eigenvalue weighted by Gasteiger charge is -2.19. The first-order chi connectivity index (χ1) is 12.0. The largest absolute Gasteiger partial charge is 0.497 e. The highest BCUT2D eigenvalue weighted by Crippen LogP contribution is 2.24. The number of carbonyl (C=O) groups excluding carboxylic acids is 1. The Morgan fingerprint density at radius 3 is 2.44 bits per heavy atom. The predicted molar refractivity (Wildman–Crippen MR) is 100 cm³/mol. The van der Waals surface area contributed by atoms with Crippen LogP contribution in [0.25, 0.3) is 0 Å². The third-order valence-corrected chi connectivity index (χ3v) is 4.33. The molecular formula is C20H24ClNO3. The van der Waals surface area contributed by atoms with E-state index < -0.39 is 0 Å². The zero-order chi connectivity index (χ0) is 18.2. The third-order valence-electron chi connectivity index (χ3n) is 4.09. The maximum Gasteiger partial charge on any atom is 0.222 e. The van der Waals surface area contributed by atoms with Gasteiger partial charge in [-0.25, -0.2) is 0 Å². The van der Waals surface area contributed by atoms with Gasteiger partial charge in [0.05, 0.1) is 14.2 Å². The van der Waals surface area contributed by atoms with Crippen molar-refractivity contribution < 1.29 is 14.3 Å². The van der Waals surface area contributed by atoms with Crippen molar-refractivity contribution in [1.29, 1.82) is 0 Å². The first-order valence-corrected chi connectivity index (χ1v) is 8.60. The van der Waals surface area contributed by atoms with Gasteiger partial charge in [-0.05, 0) is 48.7 Å². The zero-order valence-electron chi connectivity index (χ0n) is 14.9. The minimum absolute atomic E-state index is 0.107. The van der Waals surface area contributed by atoms with E-state index in [2.05, 4.69) is 0 Å². The van der Waals surface area contributed by atoms with Gasteiger partial charge in [0.2, 0.25) is 5.91 Å². The normalized spacial score (nSPS) is 10.4. The third kappa shape index (κ3) is 5.68. The summed E-state index contributed by atoms with van der Waals surface area (Å²) in [6.45, 7) is 0.477. The molecule has 0 heterocycles. The fraction of sp³-hybridized carbons (Fsp3) is 0.350. The van der Waals surface area contributed by atoms with E-state index in [1.165, 1.54) is 5.56 Å². The van der Waals surface area contributed by atoms with Crippen molar-refractivity contribution >= 4 is 17.5 Å². The SMILES string of the molecule is COc1ccc(CCCC(=O)N(C)Cc2cc(Cl)ccc2OC)cc1. The number of methoxy groups -OCH3 is 2.